The summed E-state index contributed by atoms with van der Waals surface area (Å²) in [6.07, 6.45) is 3.52. The van der Waals surface area contributed by atoms with E-state index >= 15 is 0 Å². The zero-order valence-electron chi connectivity index (χ0n) is 11.8. The summed E-state index contributed by atoms with van der Waals surface area (Å²) in [6, 6.07) is 15.7. The normalized spacial score (nSPS) is 15.9. The molecule has 104 valence electrons. The zero-order valence-corrected chi connectivity index (χ0v) is 11.8. The van der Waals surface area contributed by atoms with Gasteiger partial charge in [0.05, 0.1) is 6.04 Å². The van der Waals surface area contributed by atoms with E-state index in [-0.39, 0.29) is 5.82 Å². The van der Waals surface area contributed by atoms with Crippen molar-refractivity contribution in [3.63, 3.8) is 0 Å². The lowest BCUT2D eigenvalue weighted by Gasteiger charge is -2.22. The summed E-state index contributed by atoms with van der Waals surface area (Å²) in [5, 5.41) is 3.67. The molecule has 2 aromatic rings. The second kappa shape index (κ2) is 5.66. The molecular weight excluding hydrogens is 249 g/mol. The number of halogens is 1. The van der Waals surface area contributed by atoms with Gasteiger partial charge >= 0.3 is 0 Å². The maximum absolute atomic E-state index is 13.1. The third kappa shape index (κ3) is 2.84. The molecule has 3 rings (SSSR count). The highest BCUT2D eigenvalue weighted by Crippen LogP contribution is 2.43. The highest BCUT2D eigenvalue weighted by molar-refractivity contribution is 5.53. The van der Waals surface area contributed by atoms with Crippen LogP contribution in [0.3, 0.4) is 0 Å². The third-order valence-electron chi connectivity index (χ3n) is 4.03. The van der Waals surface area contributed by atoms with Crippen molar-refractivity contribution in [3.05, 3.63) is 65.5 Å². The fourth-order valence-corrected chi connectivity index (χ4v) is 2.71. The van der Waals surface area contributed by atoms with Crippen molar-refractivity contribution in [2.75, 3.05) is 5.32 Å². The van der Waals surface area contributed by atoms with Crippen molar-refractivity contribution in [3.8, 4) is 0 Å². The Hall–Kier alpha value is -1.83. The quantitative estimate of drug-likeness (QED) is 0.809. The SMILES string of the molecule is CCc1ccccc1NC(c1ccc(F)cc1)C1CC1. The van der Waals surface area contributed by atoms with Gasteiger partial charge in [-0.3, -0.25) is 0 Å². The van der Waals surface area contributed by atoms with Crippen molar-refractivity contribution >= 4 is 5.69 Å². The van der Waals surface area contributed by atoms with Crippen LogP contribution >= 0.6 is 0 Å². The fraction of sp³-hybridized carbons (Fsp3) is 0.333. The first-order chi connectivity index (χ1) is 9.78. The molecule has 1 unspecified atom stereocenters. The monoisotopic (exact) mass is 269 g/mol. The Morgan fingerprint density at radius 1 is 1.10 bits per heavy atom. The van der Waals surface area contributed by atoms with Crippen LogP contribution in [-0.2, 0) is 6.42 Å². The Bertz CT molecular complexity index is 572. The molecule has 0 bridgehead atoms. The number of aryl methyl sites for hydroxylation is 1. The summed E-state index contributed by atoms with van der Waals surface area (Å²) in [6.45, 7) is 2.17. The van der Waals surface area contributed by atoms with Gasteiger partial charge in [0.15, 0.2) is 0 Å². The van der Waals surface area contributed by atoms with E-state index in [0.717, 1.165) is 6.42 Å². The van der Waals surface area contributed by atoms with Crippen molar-refractivity contribution < 1.29 is 4.39 Å². The first kappa shape index (κ1) is 13.2. The van der Waals surface area contributed by atoms with Crippen LogP contribution in [-0.4, -0.2) is 0 Å². The maximum Gasteiger partial charge on any atom is 0.123 e. The zero-order chi connectivity index (χ0) is 13.9. The number of anilines is 1. The van der Waals surface area contributed by atoms with E-state index in [9.17, 15) is 4.39 Å². The molecule has 0 radical (unpaired) electrons. The molecule has 2 aromatic carbocycles. The minimum Gasteiger partial charge on any atom is -0.378 e. The largest absolute Gasteiger partial charge is 0.378 e. The molecule has 1 nitrogen and oxygen atoms in total. The predicted molar refractivity (Wildman–Crippen MR) is 81.3 cm³/mol. The predicted octanol–water partition coefficient (Wildman–Crippen LogP) is 4.95. The Balaban J connectivity index is 1.86. The van der Waals surface area contributed by atoms with Gasteiger partial charge in [0.2, 0.25) is 0 Å². The second-order valence-electron chi connectivity index (χ2n) is 5.52. The van der Waals surface area contributed by atoms with E-state index in [2.05, 4.69) is 36.5 Å². The highest BCUT2D eigenvalue weighted by Gasteiger charge is 2.32. The van der Waals surface area contributed by atoms with Gasteiger partial charge < -0.3 is 5.32 Å². The van der Waals surface area contributed by atoms with Crippen LogP contribution in [0, 0.1) is 11.7 Å². The first-order valence-corrected chi connectivity index (χ1v) is 7.38. The Kier molecular flexibility index (Phi) is 3.72. The van der Waals surface area contributed by atoms with Gasteiger partial charge in [-0.1, -0.05) is 37.3 Å². The number of para-hydroxylation sites is 1. The molecule has 0 aliphatic heterocycles. The molecule has 1 aliphatic carbocycles. The summed E-state index contributed by atoms with van der Waals surface area (Å²) in [4.78, 5) is 0. The standard InChI is InChI=1S/C18H20FN/c1-2-13-5-3-4-6-17(13)20-18(14-7-8-14)15-9-11-16(19)12-10-15/h3-6,9-12,14,18,20H,2,7-8H2,1H3. The molecule has 0 amide bonds. The average molecular weight is 269 g/mol. The van der Waals surface area contributed by atoms with Crippen molar-refractivity contribution in [1.29, 1.82) is 0 Å². The van der Waals surface area contributed by atoms with E-state index < -0.39 is 0 Å². The van der Waals surface area contributed by atoms with Gasteiger partial charge in [0, 0.05) is 5.69 Å². The van der Waals surface area contributed by atoms with Crippen LogP contribution in [0.1, 0.15) is 36.9 Å². The molecule has 0 spiro atoms. The summed E-state index contributed by atoms with van der Waals surface area (Å²) >= 11 is 0. The molecule has 1 fully saturated rings. The smallest absolute Gasteiger partial charge is 0.123 e. The van der Waals surface area contributed by atoms with Crippen LogP contribution in [0.15, 0.2) is 48.5 Å². The molecule has 1 aliphatic rings. The Morgan fingerprint density at radius 3 is 2.45 bits per heavy atom. The molecule has 1 N–H and O–H groups in total. The maximum atomic E-state index is 13.1. The van der Waals surface area contributed by atoms with Gasteiger partial charge in [-0.15, -0.1) is 0 Å². The average Bonchev–Trinajstić information content (AvgIpc) is 3.31. The minimum absolute atomic E-state index is 0.169. The van der Waals surface area contributed by atoms with Crippen molar-refractivity contribution in [1.82, 2.24) is 0 Å². The van der Waals surface area contributed by atoms with Crippen molar-refractivity contribution in [2.45, 2.75) is 32.2 Å². The Labute approximate surface area is 119 Å². The number of benzene rings is 2. The van der Waals surface area contributed by atoms with E-state index in [1.54, 1.807) is 12.1 Å². The molecule has 0 heterocycles. The van der Waals surface area contributed by atoms with Crippen LogP contribution in [0.5, 0.6) is 0 Å². The Morgan fingerprint density at radius 2 is 1.80 bits per heavy atom. The van der Waals surface area contributed by atoms with E-state index in [4.69, 9.17) is 0 Å². The number of rotatable bonds is 5. The number of nitrogens with one attached hydrogen (secondary N) is 1. The lowest BCUT2D eigenvalue weighted by Crippen LogP contribution is -2.14. The molecule has 2 heteroatoms. The van der Waals surface area contributed by atoms with Gasteiger partial charge in [-0.25, -0.2) is 4.39 Å². The molecular formula is C18H20FN. The molecule has 0 aromatic heterocycles. The fourth-order valence-electron chi connectivity index (χ4n) is 2.71. The van der Waals surface area contributed by atoms with Gasteiger partial charge in [-0.05, 0) is 54.5 Å². The van der Waals surface area contributed by atoms with Gasteiger partial charge in [0.25, 0.3) is 0 Å². The van der Waals surface area contributed by atoms with Gasteiger partial charge in [0.1, 0.15) is 5.82 Å². The van der Waals surface area contributed by atoms with Crippen LogP contribution in [0.2, 0.25) is 0 Å². The van der Waals surface area contributed by atoms with Gasteiger partial charge in [-0.2, -0.15) is 0 Å². The minimum atomic E-state index is -0.169. The summed E-state index contributed by atoms with van der Waals surface area (Å²) in [5.74, 6) is 0.502. The second-order valence-corrected chi connectivity index (χ2v) is 5.52. The first-order valence-electron chi connectivity index (χ1n) is 7.38. The lowest BCUT2D eigenvalue weighted by atomic mass is 10.0. The van der Waals surface area contributed by atoms with Crippen LogP contribution in [0.4, 0.5) is 10.1 Å². The van der Waals surface area contributed by atoms with E-state index in [1.807, 2.05) is 12.1 Å². The van der Waals surface area contributed by atoms with E-state index in [1.165, 1.54) is 29.7 Å². The number of hydrogen-bond donors (Lipinski definition) is 1. The van der Waals surface area contributed by atoms with Crippen LogP contribution < -0.4 is 5.32 Å². The number of hydrogen-bond acceptors (Lipinski definition) is 1. The topological polar surface area (TPSA) is 12.0 Å². The summed E-state index contributed by atoms with van der Waals surface area (Å²) in [5.41, 5.74) is 3.72. The summed E-state index contributed by atoms with van der Waals surface area (Å²) < 4.78 is 13.1. The van der Waals surface area contributed by atoms with Crippen LogP contribution in [0.25, 0.3) is 0 Å². The lowest BCUT2D eigenvalue weighted by molar-refractivity contribution is 0.622. The molecule has 1 atom stereocenters. The molecule has 0 saturated heterocycles. The third-order valence-corrected chi connectivity index (χ3v) is 4.03. The molecule has 20 heavy (non-hydrogen) atoms. The van der Waals surface area contributed by atoms with Crippen molar-refractivity contribution in [2.24, 2.45) is 5.92 Å². The van der Waals surface area contributed by atoms with E-state index in [0.29, 0.717) is 12.0 Å². The molecule has 1 saturated carbocycles. The summed E-state index contributed by atoms with van der Waals surface area (Å²) in [7, 11) is 0. The highest BCUT2D eigenvalue weighted by atomic mass is 19.1.